The van der Waals surface area contributed by atoms with Crippen LogP contribution < -0.4 is 0 Å². The van der Waals surface area contributed by atoms with Gasteiger partial charge in [0.15, 0.2) is 17.4 Å². The van der Waals surface area contributed by atoms with Gasteiger partial charge in [-0.05, 0) is 25.1 Å². The van der Waals surface area contributed by atoms with E-state index in [0.717, 1.165) is 17.7 Å². The summed E-state index contributed by atoms with van der Waals surface area (Å²) in [7, 11) is 0. The predicted octanol–water partition coefficient (Wildman–Crippen LogP) is 2.91. The average molecular weight is 358 g/mol. The molecule has 4 nitrogen and oxygen atoms in total. The van der Waals surface area contributed by atoms with Crippen LogP contribution in [0.15, 0.2) is 42.5 Å². The summed E-state index contributed by atoms with van der Waals surface area (Å²) in [5, 5.41) is 0. The Hall–Kier alpha value is -2.60. The van der Waals surface area contributed by atoms with Crippen LogP contribution in [0, 0.1) is 18.6 Å². The predicted molar refractivity (Wildman–Crippen MR) is 94.2 cm³/mol. The minimum Gasteiger partial charge on any atom is -0.336 e. The van der Waals surface area contributed by atoms with E-state index in [1.165, 1.54) is 6.07 Å². The fourth-order valence-corrected chi connectivity index (χ4v) is 2.95. The van der Waals surface area contributed by atoms with Gasteiger partial charge in [-0.1, -0.05) is 29.8 Å². The molecule has 1 saturated heterocycles. The number of Topliss-reactive ketones (excluding diaryl/α,β-unsaturated/α-hetero) is 1. The summed E-state index contributed by atoms with van der Waals surface area (Å²) >= 11 is 0. The number of hydrogen-bond donors (Lipinski definition) is 0. The van der Waals surface area contributed by atoms with Crippen LogP contribution in [0.4, 0.5) is 8.78 Å². The van der Waals surface area contributed by atoms with E-state index in [1.54, 1.807) is 4.90 Å². The number of ketones is 1. The Morgan fingerprint density at radius 3 is 2.12 bits per heavy atom. The Bertz CT molecular complexity index is 813. The molecule has 1 heterocycles. The van der Waals surface area contributed by atoms with E-state index in [-0.39, 0.29) is 17.3 Å². The first-order valence-corrected chi connectivity index (χ1v) is 8.50. The summed E-state index contributed by atoms with van der Waals surface area (Å²) < 4.78 is 26.3. The molecule has 136 valence electrons. The van der Waals surface area contributed by atoms with Crippen LogP contribution in [0.1, 0.15) is 26.3 Å². The first kappa shape index (κ1) is 18.2. The van der Waals surface area contributed by atoms with Crippen LogP contribution in [0.25, 0.3) is 0 Å². The normalized spacial score (nSPS) is 15.1. The number of aryl methyl sites for hydroxylation is 1. The van der Waals surface area contributed by atoms with Gasteiger partial charge < -0.3 is 4.90 Å². The minimum atomic E-state index is -1.03. The maximum atomic E-state index is 13.3. The standard InChI is InChI=1S/C20H20F2N2O2/c1-14-2-4-15(5-3-14)19(25)13-23-8-10-24(11-9-23)20(26)16-6-7-17(21)18(22)12-16/h2-7,12H,8-11,13H2,1H3. The second kappa shape index (κ2) is 7.74. The van der Waals surface area contributed by atoms with Gasteiger partial charge in [-0.15, -0.1) is 0 Å². The molecule has 3 rings (SSSR count). The zero-order chi connectivity index (χ0) is 18.7. The first-order chi connectivity index (χ1) is 12.4. The molecule has 1 aliphatic rings. The molecule has 1 amide bonds. The third kappa shape index (κ3) is 4.14. The zero-order valence-electron chi connectivity index (χ0n) is 14.5. The molecule has 1 aliphatic heterocycles. The summed E-state index contributed by atoms with van der Waals surface area (Å²) in [4.78, 5) is 28.3. The van der Waals surface area contributed by atoms with Crippen molar-refractivity contribution in [1.82, 2.24) is 9.80 Å². The highest BCUT2D eigenvalue weighted by molar-refractivity contribution is 5.97. The van der Waals surface area contributed by atoms with Gasteiger partial charge in [-0.2, -0.15) is 0 Å². The van der Waals surface area contributed by atoms with Crippen molar-refractivity contribution in [2.24, 2.45) is 0 Å². The molecule has 0 radical (unpaired) electrons. The highest BCUT2D eigenvalue weighted by Crippen LogP contribution is 2.13. The smallest absolute Gasteiger partial charge is 0.254 e. The molecule has 0 aliphatic carbocycles. The van der Waals surface area contributed by atoms with Crippen molar-refractivity contribution in [3.05, 3.63) is 70.8 Å². The second-order valence-electron chi connectivity index (χ2n) is 6.49. The van der Waals surface area contributed by atoms with Crippen LogP contribution in [0.3, 0.4) is 0 Å². The molecule has 0 atom stereocenters. The molecular formula is C20H20F2N2O2. The number of benzene rings is 2. The average Bonchev–Trinajstić information content (AvgIpc) is 2.64. The van der Waals surface area contributed by atoms with E-state index < -0.39 is 11.6 Å². The van der Waals surface area contributed by atoms with Gasteiger partial charge in [0.25, 0.3) is 5.91 Å². The molecule has 0 N–H and O–H groups in total. The summed E-state index contributed by atoms with van der Waals surface area (Å²) in [6.45, 7) is 4.28. The number of rotatable bonds is 4. The van der Waals surface area contributed by atoms with E-state index in [1.807, 2.05) is 36.1 Å². The van der Waals surface area contributed by atoms with Crippen molar-refractivity contribution in [3.63, 3.8) is 0 Å². The van der Waals surface area contributed by atoms with Gasteiger partial charge in [0.1, 0.15) is 0 Å². The van der Waals surface area contributed by atoms with Crippen molar-refractivity contribution >= 4 is 11.7 Å². The third-order valence-electron chi connectivity index (χ3n) is 4.57. The summed E-state index contributed by atoms with van der Waals surface area (Å²) in [5.41, 5.74) is 1.91. The first-order valence-electron chi connectivity index (χ1n) is 8.50. The fraction of sp³-hybridized carbons (Fsp3) is 0.300. The van der Waals surface area contributed by atoms with Crippen molar-refractivity contribution in [2.45, 2.75) is 6.92 Å². The molecule has 2 aromatic carbocycles. The highest BCUT2D eigenvalue weighted by atomic mass is 19.2. The summed E-state index contributed by atoms with van der Waals surface area (Å²) in [6.07, 6.45) is 0. The Kier molecular flexibility index (Phi) is 5.42. The molecule has 0 bridgehead atoms. The molecule has 2 aromatic rings. The van der Waals surface area contributed by atoms with E-state index in [9.17, 15) is 18.4 Å². The Labute approximate surface area is 151 Å². The number of halogens is 2. The third-order valence-corrected chi connectivity index (χ3v) is 4.57. The van der Waals surface area contributed by atoms with Crippen molar-refractivity contribution in [2.75, 3.05) is 32.7 Å². The van der Waals surface area contributed by atoms with Gasteiger partial charge in [0.05, 0.1) is 6.54 Å². The molecule has 26 heavy (non-hydrogen) atoms. The van der Waals surface area contributed by atoms with Gasteiger partial charge in [-0.3, -0.25) is 14.5 Å². The molecule has 0 aromatic heterocycles. The molecular weight excluding hydrogens is 338 g/mol. The lowest BCUT2D eigenvalue weighted by Gasteiger charge is -2.34. The molecule has 0 saturated carbocycles. The molecule has 6 heteroatoms. The lowest BCUT2D eigenvalue weighted by molar-refractivity contribution is 0.0624. The molecule has 0 spiro atoms. The number of nitrogens with zero attached hydrogens (tertiary/aromatic N) is 2. The Morgan fingerprint density at radius 1 is 0.885 bits per heavy atom. The van der Waals surface area contributed by atoms with Crippen LogP contribution >= 0.6 is 0 Å². The number of piperazine rings is 1. The summed E-state index contributed by atoms with van der Waals surface area (Å²) in [5.74, 6) is -2.28. The monoisotopic (exact) mass is 358 g/mol. The zero-order valence-corrected chi connectivity index (χ0v) is 14.5. The van der Waals surface area contributed by atoms with Crippen molar-refractivity contribution in [3.8, 4) is 0 Å². The van der Waals surface area contributed by atoms with Gasteiger partial charge >= 0.3 is 0 Å². The maximum Gasteiger partial charge on any atom is 0.254 e. The van der Waals surface area contributed by atoms with Crippen molar-refractivity contribution < 1.29 is 18.4 Å². The van der Waals surface area contributed by atoms with E-state index in [0.29, 0.717) is 38.3 Å². The van der Waals surface area contributed by atoms with Gasteiger partial charge in [0, 0.05) is 37.3 Å². The highest BCUT2D eigenvalue weighted by Gasteiger charge is 2.24. The van der Waals surface area contributed by atoms with Crippen LogP contribution in [0.5, 0.6) is 0 Å². The number of hydrogen-bond acceptors (Lipinski definition) is 3. The number of amides is 1. The van der Waals surface area contributed by atoms with Gasteiger partial charge in [-0.25, -0.2) is 8.78 Å². The number of carbonyl (C=O) groups is 2. The molecule has 0 unspecified atom stereocenters. The van der Waals surface area contributed by atoms with Crippen LogP contribution in [-0.2, 0) is 0 Å². The Balaban J connectivity index is 1.55. The quantitative estimate of drug-likeness (QED) is 0.789. The topological polar surface area (TPSA) is 40.6 Å². The Morgan fingerprint density at radius 2 is 1.50 bits per heavy atom. The van der Waals surface area contributed by atoms with E-state index in [2.05, 4.69) is 0 Å². The summed E-state index contributed by atoms with van der Waals surface area (Å²) in [6, 6.07) is 10.6. The maximum absolute atomic E-state index is 13.3. The van der Waals surface area contributed by atoms with Crippen LogP contribution in [0.2, 0.25) is 0 Å². The lowest BCUT2D eigenvalue weighted by atomic mass is 10.1. The van der Waals surface area contributed by atoms with Gasteiger partial charge in [0.2, 0.25) is 0 Å². The lowest BCUT2D eigenvalue weighted by Crippen LogP contribution is -2.49. The van der Waals surface area contributed by atoms with Crippen LogP contribution in [-0.4, -0.2) is 54.2 Å². The second-order valence-corrected chi connectivity index (χ2v) is 6.49. The van der Waals surface area contributed by atoms with E-state index >= 15 is 0 Å². The van der Waals surface area contributed by atoms with Crippen molar-refractivity contribution in [1.29, 1.82) is 0 Å². The number of carbonyl (C=O) groups excluding carboxylic acids is 2. The minimum absolute atomic E-state index is 0.0467. The largest absolute Gasteiger partial charge is 0.336 e. The molecule has 1 fully saturated rings. The SMILES string of the molecule is Cc1ccc(C(=O)CN2CCN(C(=O)c3ccc(F)c(F)c3)CC2)cc1. The van der Waals surface area contributed by atoms with E-state index in [4.69, 9.17) is 0 Å². The fourth-order valence-electron chi connectivity index (χ4n) is 2.95.